The van der Waals surface area contributed by atoms with E-state index in [0.717, 1.165) is 5.75 Å². The molecule has 0 aliphatic rings. The van der Waals surface area contributed by atoms with Gasteiger partial charge in [0.15, 0.2) is 0 Å². The molecule has 0 atom stereocenters. The molecule has 0 heterocycles. The van der Waals surface area contributed by atoms with Crippen LogP contribution in [-0.2, 0) is 10.0 Å². The highest BCUT2D eigenvalue weighted by Gasteiger charge is 2.13. The average Bonchev–Trinajstić information content (AvgIpc) is 2.60. The number of sulfonamides is 1. The monoisotopic (exact) mass is 365 g/mol. The maximum atomic E-state index is 12.2. The maximum Gasteiger partial charge on any atom is 0.240 e. The molecule has 0 fully saturated rings. The molecule has 2 aromatic carbocycles. The highest BCUT2D eigenvalue weighted by Crippen LogP contribution is 2.19. The van der Waals surface area contributed by atoms with Crippen molar-refractivity contribution in [2.75, 3.05) is 26.4 Å². The Bertz CT molecular complexity index is 759. The second-order valence-electron chi connectivity index (χ2n) is 5.06. The van der Waals surface area contributed by atoms with E-state index in [1.54, 1.807) is 24.3 Å². The van der Waals surface area contributed by atoms with Crippen LogP contribution in [0.15, 0.2) is 53.4 Å². The van der Waals surface area contributed by atoms with Crippen LogP contribution in [0.5, 0.6) is 17.2 Å². The quantitative estimate of drug-likeness (QED) is 0.656. The molecule has 0 unspecified atom stereocenters. The minimum absolute atomic E-state index is 0.161. The van der Waals surface area contributed by atoms with Gasteiger partial charge in [-0.1, -0.05) is 6.07 Å². The molecule has 0 amide bonds. The van der Waals surface area contributed by atoms with Crippen LogP contribution in [0, 0.1) is 0 Å². The zero-order chi connectivity index (χ0) is 18.1. The number of rotatable bonds is 10. The lowest BCUT2D eigenvalue weighted by molar-refractivity contribution is 0.313. The minimum atomic E-state index is -3.57. The highest BCUT2D eigenvalue weighted by atomic mass is 32.2. The van der Waals surface area contributed by atoms with Crippen molar-refractivity contribution in [1.82, 2.24) is 4.72 Å². The van der Waals surface area contributed by atoms with Crippen molar-refractivity contribution in [3.8, 4) is 17.2 Å². The Morgan fingerprint density at radius 3 is 2.08 bits per heavy atom. The van der Waals surface area contributed by atoms with Gasteiger partial charge in [-0.25, -0.2) is 13.1 Å². The Morgan fingerprint density at radius 1 is 0.840 bits per heavy atom. The maximum absolute atomic E-state index is 12.2. The van der Waals surface area contributed by atoms with E-state index in [2.05, 4.69) is 4.72 Å². The summed E-state index contributed by atoms with van der Waals surface area (Å²) in [6.45, 7) is 5.26. The summed E-state index contributed by atoms with van der Waals surface area (Å²) in [6, 6.07) is 13.5. The first kappa shape index (κ1) is 19.1. The van der Waals surface area contributed by atoms with Gasteiger partial charge in [0.25, 0.3) is 0 Å². The summed E-state index contributed by atoms with van der Waals surface area (Å²) in [7, 11) is -3.57. The van der Waals surface area contributed by atoms with Gasteiger partial charge in [0.1, 0.15) is 23.9 Å². The van der Waals surface area contributed by atoms with E-state index < -0.39 is 10.0 Å². The van der Waals surface area contributed by atoms with Gasteiger partial charge in [0, 0.05) is 12.6 Å². The van der Waals surface area contributed by atoms with Crippen molar-refractivity contribution in [3.05, 3.63) is 48.5 Å². The van der Waals surface area contributed by atoms with Gasteiger partial charge in [0.05, 0.1) is 18.1 Å². The lowest BCUT2D eigenvalue weighted by Crippen LogP contribution is -2.28. The lowest BCUT2D eigenvalue weighted by Gasteiger charge is -2.10. The van der Waals surface area contributed by atoms with Crippen molar-refractivity contribution in [2.45, 2.75) is 18.7 Å². The molecule has 2 rings (SSSR count). The van der Waals surface area contributed by atoms with Crippen LogP contribution in [0.1, 0.15) is 13.8 Å². The predicted molar refractivity (Wildman–Crippen MR) is 95.9 cm³/mol. The van der Waals surface area contributed by atoms with Gasteiger partial charge in [-0.15, -0.1) is 0 Å². The standard InChI is InChI=1S/C18H23NO5S/c1-3-22-15-8-10-18(11-9-15)25(20,21)19-12-13-24-17-7-5-6-16(14-17)23-4-2/h5-11,14,19H,3-4,12-13H2,1-2H3. The number of benzene rings is 2. The van der Waals surface area contributed by atoms with E-state index in [1.165, 1.54) is 12.1 Å². The van der Waals surface area contributed by atoms with Crippen LogP contribution in [0.3, 0.4) is 0 Å². The first-order valence-electron chi connectivity index (χ1n) is 8.13. The van der Waals surface area contributed by atoms with Crippen LogP contribution in [0.25, 0.3) is 0 Å². The normalized spacial score (nSPS) is 11.1. The van der Waals surface area contributed by atoms with E-state index in [1.807, 2.05) is 26.0 Å². The molecule has 0 aliphatic carbocycles. The number of hydrogen-bond acceptors (Lipinski definition) is 5. The third-order valence-corrected chi connectivity index (χ3v) is 4.70. The Balaban J connectivity index is 1.84. The zero-order valence-corrected chi connectivity index (χ0v) is 15.2. The molecule has 25 heavy (non-hydrogen) atoms. The van der Waals surface area contributed by atoms with Gasteiger partial charge in [-0.05, 0) is 50.2 Å². The molecule has 0 radical (unpaired) electrons. The van der Waals surface area contributed by atoms with Gasteiger partial charge in [-0.2, -0.15) is 0 Å². The highest BCUT2D eigenvalue weighted by molar-refractivity contribution is 7.89. The first-order chi connectivity index (χ1) is 12.0. The van der Waals surface area contributed by atoms with Crippen LogP contribution in [0.2, 0.25) is 0 Å². The van der Waals surface area contributed by atoms with E-state index in [-0.39, 0.29) is 18.0 Å². The fourth-order valence-electron chi connectivity index (χ4n) is 2.13. The van der Waals surface area contributed by atoms with Gasteiger partial charge in [-0.3, -0.25) is 0 Å². The van der Waals surface area contributed by atoms with Crippen molar-refractivity contribution in [2.24, 2.45) is 0 Å². The summed E-state index contributed by atoms with van der Waals surface area (Å²) in [5.41, 5.74) is 0. The molecule has 7 heteroatoms. The molecule has 0 saturated carbocycles. The van der Waals surface area contributed by atoms with Crippen molar-refractivity contribution >= 4 is 10.0 Å². The van der Waals surface area contributed by atoms with Crippen molar-refractivity contribution in [3.63, 3.8) is 0 Å². The predicted octanol–water partition coefficient (Wildman–Crippen LogP) is 2.84. The molecule has 1 N–H and O–H groups in total. The molecular weight excluding hydrogens is 342 g/mol. The molecule has 0 spiro atoms. The molecule has 6 nitrogen and oxygen atoms in total. The van der Waals surface area contributed by atoms with Crippen molar-refractivity contribution < 1.29 is 22.6 Å². The second kappa shape index (κ2) is 9.29. The third-order valence-electron chi connectivity index (χ3n) is 3.22. The molecule has 2 aromatic rings. The smallest absolute Gasteiger partial charge is 0.240 e. The summed E-state index contributed by atoms with van der Waals surface area (Å²) in [5.74, 6) is 1.99. The van der Waals surface area contributed by atoms with Gasteiger partial charge in [0.2, 0.25) is 10.0 Å². The van der Waals surface area contributed by atoms with Crippen LogP contribution >= 0.6 is 0 Å². The average molecular weight is 365 g/mol. The molecule has 0 saturated heterocycles. The van der Waals surface area contributed by atoms with Crippen LogP contribution < -0.4 is 18.9 Å². The summed E-state index contributed by atoms with van der Waals surface area (Å²) in [4.78, 5) is 0.189. The zero-order valence-electron chi connectivity index (χ0n) is 14.4. The topological polar surface area (TPSA) is 73.9 Å². The number of nitrogens with one attached hydrogen (secondary N) is 1. The largest absolute Gasteiger partial charge is 0.494 e. The first-order valence-corrected chi connectivity index (χ1v) is 9.61. The van der Waals surface area contributed by atoms with E-state index in [4.69, 9.17) is 14.2 Å². The summed E-state index contributed by atoms with van der Waals surface area (Å²) < 4.78 is 43.2. The Labute approximate surface area is 148 Å². The number of ether oxygens (including phenoxy) is 3. The Morgan fingerprint density at radius 2 is 1.44 bits per heavy atom. The van der Waals surface area contributed by atoms with Crippen molar-refractivity contribution in [1.29, 1.82) is 0 Å². The minimum Gasteiger partial charge on any atom is -0.494 e. The van der Waals surface area contributed by atoms with E-state index >= 15 is 0 Å². The Kier molecular flexibility index (Phi) is 7.09. The van der Waals surface area contributed by atoms with Crippen LogP contribution in [0.4, 0.5) is 0 Å². The Hall–Kier alpha value is -2.25. The third kappa shape index (κ3) is 5.95. The van der Waals surface area contributed by atoms with E-state index in [0.29, 0.717) is 24.7 Å². The summed E-state index contributed by atoms with van der Waals surface area (Å²) in [6.07, 6.45) is 0. The molecular formula is C18H23NO5S. The molecule has 0 aliphatic heterocycles. The fourth-order valence-corrected chi connectivity index (χ4v) is 3.14. The summed E-state index contributed by atoms with van der Waals surface area (Å²) in [5, 5.41) is 0. The molecule has 0 bridgehead atoms. The molecule has 136 valence electrons. The summed E-state index contributed by atoms with van der Waals surface area (Å²) >= 11 is 0. The van der Waals surface area contributed by atoms with Gasteiger partial charge >= 0.3 is 0 Å². The lowest BCUT2D eigenvalue weighted by atomic mass is 10.3. The second-order valence-corrected chi connectivity index (χ2v) is 6.83. The SMILES string of the molecule is CCOc1ccc(S(=O)(=O)NCCOc2cccc(OCC)c2)cc1. The van der Waals surface area contributed by atoms with Crippen LogP contribution in [-0.4, -0.2) is 34.8 Å². The van der Waals surface area contributed by atoms with E-state index in [9.17, 15) is 8.42 Å². The molecule has 0 aromatic heterocycles. The van der Waals surface area contributed by atoms with Gasteiger partial charge < -0.3 is 14.2 Å². The number of hydrogen-bond donors (Lipinski definition) is 1. The fraction of sp³-hybridized carbons (Fsp3) is 0.333.